The molecule has 0 bridgehead atoms. The number of esters is 1. The summed E-state index contributed by atoms with van der Waals surface area (Å²) in [5.41, 5.74) is 1.17. The summed E-state index contributed by atoms with van der Waals surface area (Å²) in [4.78, 5) is 50.2. The molecule has 0 aromatic heterocycles. The Labute approximate surface area is 189 Å². The lowest BCUT2D eigenvalue weighted by molar-refractivity contribution is -0.384. The van der Waals surface area contributed by atoms with Crippen LogP contribution in [-0.2, 0) is 9.53 Å². The van der Waals surface area contributed by atoms with Crippen molar-refractivity contribution < 1.29 is 24.0 Å². The van der Waals surface area contributed by atoms with Gasteiger partial charge in [-0.3, -0.25) is 19.7 Å². The molecule has 2 aromatic carbocycles. The highest BCUT2D eigenvalue weighted by molar-refractivity contribution is 7.98. The number of nitro benzene ring substituents is 1. The van der Waals surface area contributed by atoms with Crippen molar-refractivity contribution in [2.75, 3.05) is 36.2 Å². The number of carbonyl (C=O) groups excluding carboxylic acids is 3. The fraction of sp³-hybridized carbons (Fsp3) is 0.318. The van der Waals surface area contributed by atoms with E-state index in [1.807, 2.05) is 11.2 Å². The number of amides is 1. The molecule has 168 valence electrons. The summed E-state index contributed by atoms with van der Waals surface area (Å²) < 4.78 is 5.23. The fourth-order valence-corrected chi connectivity index (χ4v) is 4.03. The Kier molecular flexibility index (Phi) is 7.47. The summed E-state index contributed by atoms with van der Waals surface area (Å²) in [5, 5.41) is 13.9. The molecule has 1 aliphatic heterocycles. The first-order chi connectivity index (χ1) is 15.3. The maximum Gasteiger partial charge on any atom is 0.340 e. The molecule has 9 nitrogen and oxygen atoms in total. The normalized spacial score (nSPS) is 13.0. The van der Waals surface area contributed by atoms with E-state index < -0.39 is 23.3 Å². The molecular weight excluding hydrogens is 434 g/mol. The van der Waals surface area contributed by atoms with E-state index in [0.717, 1.165) is 30.8 Å². The highest BCUT2D eigenvalue weighted by atomic mass is 32.2. The number of nitrogens with zero attached hydrogens (tertiary/aromatic N) is 2. The number of non-ortho nitro benzene ring substituents is 1. The number of hydrogen-bond acceptors (Lipinski definition) is 8. The summed E-state index contributed by atoms with van der Waals surface area (Å²) >= 11 is 1.42. The predicted molar refractivity (Wildman–Crippen MR) is 122 cm³/mol. The van der Waals surface area contributed by atoms with Gasteiger partial charge in [-0.15, -0.1) is 11.8 Å². The second-order valence-electron chi connectivity index (χ2n) is 7.25. The maximum absolute atomic E-state index is 12.8. The number of nitro groups is 1. The molecule has 1 heterocycles. The van der Waals surface area contributed by atoms with Crippen LogP contribution in [0.15, 0.2) is 41.3 Å². The van der Waals surface area contributed by atoms with Gasteiger partial charge < -0.3 is 15.0 Å². The standard InChI is InChI=1S/C22H23N3O6S/c1-14(26)23-18-11-15(5-8-21(18)32-2)20(27)13-31-22(28)17-12-16(25(29)30)6-7-19(17)24-9-3-4-10-24/h5-8,11-12H,3-4,9-10,13H2,1-2H3,(H,23,26). The lowest BCUT2D eigenvalue weighted by Crippen LogP contribution is -2.22. The molecular formula is C22H23N3O6S. The summed E-state index contributed by atoms with van der Waals surface area (Å²) in [6, 6.07) is 8.91. The van der Waals surface area contributed by atoms with Crippen LogP contribution in [-0.4, -0.2) is 48.5 Å². The van der Waals surface area contributed by atoms with E-state index in [-0.39, 0.29) is 22.7 Å². The number of rotatable bonds is 8. The average Bonchev–Trinajstić information content (AvgIpc) is 3.31. The number of ether oxygens (including phenoxy) is 1. The summed E-state index contributed by atoms with van der Waals surface area (Å²) in [6.45, 7) is 2.33. The minimum atomic E-state index is -0.799. The van der Waals surface area contributed by atoms with Crippen LogP contribution in [0.3, 0.4) is 0 Å². The zero-order valence-corrected chi connectivity index (χ0v) is 18.6. The molecule has 3 rings (SSSR count). The number of ketones is 1. The van der Waals surface area contributed by atoms with Crippen LogP contribution in [0.2, 0.25) is 0 Å². The van der Waals surface area contributed by atoms with E-state index in [9.17, 15) is 24.5 Å². The Morgan fingerprint density at radius 1 is 1.16 bits per heavy atom. The van der Waals surface area contributed by atoms with Crippen LogP contribution in [0.5, 0.6) is 0 Å². The van der Waals surface area contributed by atoms with Crippen LogP contribution in [0.4, 0.5) is 17.1 Å². The van der Waals surface area contributed by atoms with Gasteiger partial charge in [0.25, 0.3) is 5.69 Å². The van der Waals surface area contributed by atoms with Crippen LogP contribution in [0.25, 0.3) is 0 Å². The third kappa shape index (κ3) is 5.44. The van der Waals surface area contributed by atoms with Crippen molar-refractivity contribution in [1.29, 1.82) is 0 Å². The van der Waals surface area contributed by atoms with Crippen molar-refractivity contribution in [3.05, 3.63) is 57.6 Å². The number of carbonyl (C=O) groups is 3. The Bertz CT molecular complexity index is 1070. The van der Waals surface area contributed by atoms with Crippen LogP contribution in [0.1, 0.15) is 40.5 Å². The number of hydrogen-bond donors (Lipinski definition) is 1. The number of anilines is 2. The first kappa shape index (κ1) is 23.3. The molecule has 10 heteroatoms. The van der Waals surface area contributed by atoms with Gasteiger partial charge in [-0.1, -0.05) is 6.07 Å². The molecule has 0 aliphatic carbocycles. The molecule has 0 radical (unpaired) electrons. The molecule has 1 fully saturated rings. The molecule has 2 aromatic rings. The highest BCUT2D eigenvalue weighted by Gasteiger charge is 2.24. The Balaban J connectivity index is 1.78. The van der Waals surface area contributed by atoms with Crippen molar-refractivity contribution in [2.45, 2.75) is 24.7 Å². The lowest BCUT2D eigenvalue weighted by Gasteiger charge is -2.20. The van der Waals surface area contributed by atoms with E-state index in [1.165, 1.54) is 36.9 Å². The van der Waals surface area contributed by atoms with Gasteiger partial charge in [-0.25, -0.2) is 4.79 Å². The van der Waals surface area contributed by atoms with Crippen molar-refractivity contribution in [3.8, 4) is 0 Å². The zero-order valence-electron chi connectivity index (χ0n) is 17.8. The first-order valence-corrected chi connectivity index (χ1v) is 11.2. The van der Waals surface area contributed by atoms with E-state index in [4.69, 9.17) is 4.74 Å². The molecule has 1 aliphatic rings. The van der Waals surface area contributed by atoms with E-state index in [0.29, 0.717) is 11.4 Å². The van der Waals surface area contributed by atoms with Crippen molar-refractivity contribution >= 4 is 46.5 Å². The maximum atomic E-state index is 12.8. The Morgan fingerprint density at radius 3 is 2.50 bits per heavy atom. The van der Waals surface area contributed by atoms with Crippen LogP contribution >= 0.6 is 11.8 Å². The van der Waals surface area contributed by atoms with Gasteiger partial charge in [0.05, 0.1) is 21.9 Å². The molecule has 1 N–H and O–H groups in total. The van der Waals surface area contributed by atoms with Crippen molar-refractivity contribution in [2.24, 2.45) is 0 Å². The summed E-state index contributed by atoms with van der Waals surface area (Å²) in [7, 11) is 0. The van der Waals surface area contributed by atoms with Gasteiger partial charge in [0, 0.05) is 42.6 Å². The van der Waals surface area contributed by atoms with E-state index in [2.05, 4.69) is 5.32 Å². The van der Waals surface area contributed by atoms with E-state index >= 15 is 0 Å². The second kappa shape index (κ2) is 10.3. The minimum absolute atomic E-state index is 0.0607. The van der Waals surface area contributed by atoms with Crippen LogP contribution in [0, 0.1) is 10.1 Å². The fourth-order valence-electron chi connectivity index (χ4n) is 3.50. The predicted octanol–water partition coefficient (Wildman–Crippen LogP) is 3.92. The number of benzene rings is 2. The van der Waals surface area contributed by atoms with Crippen molar-refractivity contribution in [3.63, 3.8) is 0 Å². The molecule has 1 saturated heterocycles. The van der Waals surface area contributed by atoms with Gasteiger partial charge in [-0.05, 0) is 37.3 Å². The van der Waals surface area contributed by atoms with Crippen LogP contribution < -0.4 is 10.2 Å². The summed E-state index contributed by atoms with van der Waals surface area (Å²) in [5.74, 6) is -1.52. The smallest absolute Gasteiger partial charge is 0.340 e. The topological polar surface area (TPSA) is 119 Å². The largest absolute Gasteiger partial charge is 0.454 e. The third-order valence-electron chi connectivity index (χ3n) is 5.02. The lowest BCUT2D eigenvalue weighted by atomic mass is 10.1. The number of nitrogens with one attached hydrogen (secondary N) is 1. The molecule has 0 saturated carbocycles. The quantitative estimate of drug-likeness (QED) is 0.208. The molecule has 0 atom stereocenters. The Hall–Kier alpha value is -3.40. The average molecular weight is 458 g/mol. The van der Waals surface area contributed by atoms with Gasteiger partial charge in [0.2, 0.25) is 5.91 Å². The molecule has 0 spiro atoms. The third-order valence-corrected chi connectivity index (χ3v) is 5.82. The molecule has 1 amide bonds. The summed E-state index contributed by atoms with van der Waals surface area (Å²) in [6.07, 6.45) is 3.78. The Morgan fingerprint density at radius 2 is 1.88 bits per heavy atom. The molecule has 32 heavy (non-hydrogen) atoms. The van der Waals surface area contributed by atoms with E-state index in [1.54, 1.807) is 18.2 Å². The minimum Gasteiger partial charge on any atom is -0.454 e. The monoisotopic (exact) mass is 457 g/mol. The second-order valence-corrected chi connectivity index (χ2v) is 8.10. The molecule has 0 unspecified atom stereocenters. The van der Waals surface area contributed by atoms with Crippen molar-refractivity contribution in [1.82, 2.24) is 0 Å². The number of thioether (sulfide) groups is 1. The van der Waals surface area contributed by atoms with Gasteiger partial charge in [-0.2, -0.15) is 0 Å². The first-order valence-electron chi connectivity index (χ1n) is 9.99. The zero-order chi connectivity index (χ0) is 23.3. The highest BCUT2D eigenvalue weighted by Crippen LogP contribution is 2.29. The number of Topliss-reactive ketones (excluding diaryl/α,β-unsaturated/α-hetero) is 1. The van der Waals surface area contributed by atoms with Gasteiger partial charge in [0.15, 0.2) is 12.4 Å². The van der Waals surface area contributed by atoms with Gasteiger partial charge in [0.1, 0.15) is 0 Å². The SMILES string of the molecule is CSc1ccc(C(=O)COC(=O)c2cc([N+](=O)[O-])ccc2N2CCCC2)cc1NC(C)=O. The van der Waals surface area contributed by atoms with Gasteiger partial charge >= 0.3 is 5.97 Å².